The molecule has 0 spiro atoms. The van der Waals surface area contributed by atoms with Crippen molar-refractivity contribution in [1.82, 2.24) is 5.32 Å². The van der Waals surface area contributed by atoms with Crippen molar-refractivity contribution in [3.05, 3.63) is 33.8 Å². The Kier molecular flexibility index (Phi) is 7.73. The van der Waals surface area contributed by atoms with Gasteiger partial charge in [0.2, 0.25) is 0 Å². The third-order valence-corrected chi connectivity index (χ3v) is 3.89. The lowest BCUT2D eigenvalue weighted by Gasteiger charge is -2.15. The summed E-state index contributed by atoms with van der Waals surface area (Å²) in [4.78, 5) is 0. The van der Waals surface area contributed by atoms with Crippen molar-refractivity contribution >= 4 is 23.2 Å². The summed E-state index contributed by atoms with van der Waals surface area (Å²) in [5.41, 5.74) is 1.12. The monoisotopic (exact) mass is 287 g/mol. The summed E-state index contributed by atoms with van der Waals surface area (Å²) < 4.78 is 0. The average Bonchev–Trinajstić information content (AvgIpc) is 2.36. The Morgan fingerprint density at radius 2 is 2.00 bits per heavy atom. The van der Waals surface area contributed by atoms with Gasteiger partial charge in [-0.05, 0) is 36.6 Å². The van der Waals surface area contributed by atoms with Crippen molar-refractivity contribution in [1.29, 1.82) is 0 Å². The Morgan fingerprint density at radius 1 is 1.22 bits per heavy atom. The first-order chi connectivity index (χ1) is 8.67. The van der Waals surface area contributed by atoms with Crippen molar-refractivity contribution in [3.63, 3.8) is 0 Å². The van der Waals surface area contributed by atoms with Gasteiger partial charge in [0, 0.05) is 16.6 Å². The van der Waals surface area contributed by atoms with Crippen molar-refractivity contribution in [2.75, 3.05) is 6.54 Å². The summed E-state index contributed by atoms with van der Waals surface area (Å²) in [6, 6.07) is 5.68. The summed E-state index contributed by atoms with van der Waals surface area (Å²) in [6.45, 7) is 6.39. The van der Waals surface area contributed by atoms with Crippen LogP contribution in [0.15, 0.2) is 18.2 Å². The summed E-state index contributed by atoms with van der Waals surface area (Å²) >= 11 is 12.0. The number of unbranched alkanes of at least 4 members (excludes halogenated alkanes) is 1. The second-order valence-corrected chi connectivity index (χ2v) is 5.63. The maximum atomic E-state index is 6.14. The molecule has 0 aliphatic carbocycles. The minimum atomic E-state index is 0.693. The van der Waals surface area contributed by atoms with Gasteiger partial charge in [-0.1, -0.05) is 62.4 Å². The zero-order valence-corrected chi connectivity index (χ0v) is 12.8. The van der Waals surface area contributed by atoms with E-state index in [0.29, 0.717) is 5.02 Å². The van der Waals surface area contributed by atoms with Crippen LogP contribution < -0.4 is 5.32 Å². The third kappa shape index (κ3) is 5.60. The minimum absolute atomic E-state index is 0.693. The fourth-order valence-corrected chi connectivity index (χ4v) is 2.49. The number of hydrogen-bond donors (Lipinski definition) is 1. The Morgan fingerprint density at radius 3 is 2.61 bits per heavy atom. The van der Waals surface area contributed by atoms with Crippen LogP contribution in [-0.2, 0) is 6.54 Å². The quantitative estimate of drug-likeness (QED) is 0.684. The van der Waals surface area contributed by atoms with E-state index in [4.69, 9.17) is 23.2 Å². The highest BCUT2D eigenvalue weighted by molar-refractivity contribution is 6.35. The Balaban J connectivity index is 2.35. The molecule has 1 nitrogen and oxygen atoms in total. The van der Waals surface area contributed by atoms with E-state index < -0.39 is 0 Å². The van der Waals surface area contributed by atoms with Crippen molar-refractivity contribution in [2.45, 2.75) is 46.1 Å². The van der Waals surface area contributed by atoms with E-state index in [1.54, 1.807) is 6.07 Å². The molecule has 102 valence electrons. The predicted molar refractivity (Wildman–Crippen MR) is 81.5 cm³/mol. The molecular formula is C15H23Cl2N. The second kappa shape index (κ2) is 8.79. The van der Waals surface area contributed by atoms with Crippen LogP contribution in [0.25, 0.3) is 0 Å². The second-order valence-electron chi connectivity index (χ2n) is 4.78. The molecule has 1 N–H and O–H groups in total. The first kappa shape index (κ1) is 15.8. The van der Waals surface area contributed by atoms with Crippen molar-refractivity contribution < 1.29 is 0 Å². The molecule has 3 heteroatoms. The standard InChI is InChI=1S/C15H23Cl2N/c1-3-5-6-12(4-2)10-18-11-13-7-8-14(16)9-15(13)17/h7-9,12,18H,3-6,10-11H2,1-2H3. The normalized spacial score (nSPS) is 12.7. The topological polar surface area (TPSA) is 12.0 Å². The van der Waals surface area contributed by atoms with Gasteiger partial charge in [0.1, 0.15) is 0 Å². The fourth-order valence-electron chi connectivity index (χ4n) is 2.02. The molecule has 1 atom stereocenters. The highest BCUT2D eigenvalue weighted by Crippen LogP contribution is 2.21. The van der Waals surface area contributed by atoms with Crippen LogP contribution in [0.4, 0.5) is 0 Å². The van der Waals surface area contributed by atoms with Gasteiger partial charge in [0.15, 0.2) is 0 Å². The zero-order valence-electron chi connectivity index (χ0n) is 11.3. The first-order valence-corrected chi connectivity index (χ1v) is 7.57. The average molecular weight is 288 g/mol. The molecule has 0 radical (unpaired) electrons. The molecule has 0 fully saturated rings. The van der Waals surface area contributed by atoms with Crippen molar-refractivity contribution in [2.24, 2.45) is 5.92 Å². The van der Waals surface area contributed by atoms with Crippen LogP contribution in [0.2, 0.25) is 10.0 Å². The molecule has 0 aliphatic rings. The molecule has 0 heterocycles. The molecule has 1 aromatic rings. The van der Waals surface area contributed by atoms with E-state index in [9.17, 15) is 0 Å². The number of nitrogens with one attached hydrogen (secondary N) is 1. The minimum Gasteiger partial charge on any atom is -0.312 e. The van der Waals surface area contributed by atoms with Gasteiger partial charge in [-0.3, -0.25) is 0 Å². The van der Waals surface area contributed by atoms with Gasteiger partial charge in [0.25, 0.3) is 0 Å². The van der Waals surface area contributed by atoms with Crippen LogP contribution in [0.3, 0.4) is 0 Å². The highest BCUT2D eigenvalue weighted by atomic mass is 35.5. The van der Waals surface area contributed by atoms with Crippen LogP contribution in [-0.4, -0.2) is 6.54 Å². The van der Waals surface area contributed by atoms with Crippen LogP contribution >= 0.6 is 23.2 Å². The summed E-state index contributed by atoms with van der Waals surface area (Å²) in [6.07, 6.45) is 5.15. The van der Waals surface area contributed by atoms with E-state index in [-0.39, 0.29) is 0 Å². The molecule has 0 aliphatic heterocycles. The maximum Gasteiger partial charge on any atom is 0.0465 e. The number of halogens is 2. The Hall–Kier alpha value is -0.240. The van der Waals surface area contributed by atoms with Gasteiger partial charge in [-0.15, -0.1) is 0 Å². The fraction of sp³-hybridized carbons (Fsp3) is 0.600. The van der Waals surface area contributed by atoms with E-state index in [1.165, 1.54) is 25.7 Å². The molecule has 1 unspecified atom stereocenters. The van der Waals surface area contributed by atoms with Crippen LogP contribution in [0, 0.1) is 5.92 Å². The van der Waals surface area contributed by atoms with E-state index in [2.05, 4.69) is 19.2 Å². The lowest BCUT2D eigenvalue weighted by Crippen LogP contribution is -2.22. The van der Waals surface area contributed by atoms with Gasteiger partial charge in [0.05, 0.1) is 0 Å². The number of hydrogen-bond acceptors (Lipinski definition) is 1. The lowest BCUT2D eigenvalue weighted by atomic mass is 9.99. The molecule has 1 aromatic carbocycles. The third-order valence-electron chi connectivity index (χ3n) is 3.31. The summed E-state index contributed by atoms with van der Waals surface area (Å²) in [5.74, 6) is 0.774. The first-order valence-electron chi connectivity index (χ1n) is 6.82. The van der Waals surface area contributed by atoms with Crippen LogP contribution in [0.1, 0.15) is 45.1 Å². The molecule has 0 aromatic heterocycles. The van der Waals surface area contributed by atoms with Crippen molar-refractivity contribution in [3.8, 4) is 0 Å². The van der Waals surface area contributed by atoms with Gasteiger partial charge < -0.3 is 5.32 Å². The number of benzene rings is 1. The summed E-state index contributed by atoms with van der Waals surface area (Å²) in [7, 11) is 0. The molecule has 0 saturated heterocycles. The smallest absolute Gasteiger partial charge is 0.0465 e. The zero-order chi connectivity index (χ0) is 13.4. The largest absolute Gasteiger partial charge is 0.312 e. The van der Waals surface area contributed by atoms with Crippen LogP contribution in [0.5, 0.6) is 0 Å². The molecule has 1 rings (SSSR count). The molecule has 0 amide bonds. The van der Waals surface area contributed by atoms with Gasteiger partial charge >= 0.3 is 0 Å². The molecule has 0 saturated carbocycles. The van der Waals surface area contributed by atoms with Gasteiger partial charge in [-0.2, -0.15) is 0 Å². The number of rotatable bonds is 8. The van der Waals surface area contributed by atoms with Gasteiger partial charge in [-0.25, -0.2) is 0 Å². The Labute approximate surface area is 121 Å². The highest BCUT2D eigenvalue weighted by Gasteiger charge is 2.06. The summed E-state index contributed by atoms with van der Waals surface area (Å²) in [5, 5.41) is 4.93. The maximum absolute atomic E-state index is 6.14. The lowest BCUT2D eigenvalue weighted by molar-refractivity contribution is 0.419. The predicted octanol–water partition coefficient (Wildman–Crippen LogP) is 5.30. The SMILES string of the molecule is CCCCC(CC)CNCc1ccc(Cl)cc1Cl. The molecular weight excluding hydrogens is 265 g/mol. The molecule has 0 bridgehead atoms. The Bertz CT molecular complexity index is 352. The molecule has 18 heavy (non-hydrogen) atoms. The van der Waals surface area contributed by atoms with E-state index in [0.717, 1.165) is 29.6 Å². The van der Waals surface area contributed by atoms with E-state index >= 15 is 0 Å². The van der Waals surface area contributed by atoms with E-state index in [1.807, 2.05) is 12.1 Å².